The number of nitrogens with zero attached hydrogens (tertiary/aromatic N) is 3. The number of hydrogen-bond donors (Lipinski definition) is 3. The molecule has 144 valence electrons. The van der Waals surface area contributed by atoms with E-state index in [1.165, 1.54) is 0 Å². The molecule has 10 nitrogen and oxygen atoms in total. The number of phenolic OH excluding ortho intramolecular Hbond substituents is 2. The van der Waals surface area contributed by atoms with Gasteiger partial charge in [0.05, 0.1) is 4.92 Å². The molecule has 0 saturated carbocycles. The minimum atomic E-state index is -4.78. The molecule has 0 saturated heterocycles. The van der Waals surface area contributed by atoms with Gasteiger partial charge in [-0.3, -0.25) is 14.7 Å². The summed E-state index contributed by atoms with van der Waals surface area (Å²) >= 11 is 0. The van der Waals surface area contributed by atoms with Crippen LogP contribution in [0, 0.1) is 17.0 Å². The molecule has 0 amide bonds. The minimum Gasteiger partial charge on any atom is -0.506 e. The summed E-state index contributed by atoms with van der Waals surface area (Å²) < 4.78 is 33.0. The van der Waals surface area contributed by atoms with Crippen LogP contribution in [0.3, 0.4) is 0 Å². The highest BCUT2D eigenvalue weighted by Gasteiger charge is 2.22. The molecule has 0 fully saturated rings. The number of phenols is 2. The maximum atomic E-state index is 11.7. The Labute approximate surface area is 158 Å². The van der Waals surface area contributed by atoms with E-state index in [1.807, 2.05) is 0 Å². The predicted molar refractivity (Wildman–Crippen MR) is 99.1 cm³/mol. The van der Waals surface area contributed by atoms with Gasteiger partial charge in [0, 0.05) is 17.5 Å². The van der Waals surface area contributed by atoms with Gasteiger partial charge in [-0.2, -0.15) is 8.42 Å². The van der Waals surface area contributed by atoms with Crippen LogP contribution < -0.4 is 0 Å². The smallest absolute Gasteiger partial charge is 0.296 e. The molecular weight excluding hydrogens is 390 g/mol. The van der Waals surface area contributed by atoms with Crippen molar-refractivity contribution in [3.05, 3.63) is 58.1 Å². The van der Waals surface area contributed by atoms with Crippen molar-refractivity contribution in [3.8, 4) is 11.5 Å². The van der Waals surface area contributed by atoms with Gasteiger partial charge in [0.25, 0.3) is 15.8 Å². The topological polar surface area (TPSA) is 163 Å². The first-order valence-corrected chi connectivity index (χ1v) is 9.15. The quantitative estimate of drug-likeness (QED) is 0.255. The van der Waals surface area contributed by atoms with Crippen LogP contribution in [0.25, 0.3) is 10.8 Å². The van der Waals surface area contributed by atoms with Crippen molar-refractivity contribution in [2.75, 3.05) is 0 Å². The third-order valence-electron chi connectivity index (χ3n) is 3.91. The lowest BCUT2D eigenvalue weighted by Crippen LogP contribution is -1.99. The zero-order valence-corrected chi connectivity index (χ0v) is 15.1. The van der Waals surface area contributed by atoms with Crippen molar-refractivity contribution in [3.63, 3.8) is 0 Å². The number of azo groups is 1. The Hall–Kier alpha value is -3.57. The fraction of sp³-hybridized carbons (Fsp3) is 0.0588. The van der Waals surface area contributed by atoms with Gasteiger partial charge < -0.3 is 10.2 Å². The predicted octanol–water partition coefficient (Wildman–Crippen LogP) is 4.13. The fourth-order valence-corrected chi connectivity index (χ4v) is 3.22. The number of aromatic hydroxyl groups is 2. The number of nitro groups is 1. The van der Waals surface area contributed by atoms with E-state index in [4.69, 9.17) is 0 Å². The molecule has 0 aromatic heterocycles. The van der Waals surface area contributed by atoms with Crippen molar-refractivity contribution in [1.82, 2.24) is 0 Å². The maximum Gasteiger partial charge on any atom is 0.296 e. The van der Waals surface area contributed by atoms with Gasteiger partial charge in [-0.1, -0.05) is 17.7 Å². The molecule has 3 N–H and O–H groups in total. The van der Waals surface area contributed by atoms with Gasteiger partial charge in [-0.15, -0.1) is 10.2 Å². The van der Waals surface area contributed by atoms with Crippen molar-refractivity contribution in [2.24, 2.45) is 10.2 Å². The van der Waals surface area contributed by atoms with E-state index >= 15 is 0 Å². The maximum absolute atomic E-state index is 11.7. The average Bonchev–Trinajstić information content (AvgIpc) is 2.61. The molecule has 11 heteroatoms. The van der Waals surface area contributed by atoms with Gasteiger partial charge in [-0.25, -0.2) is 0 Å². The van der Waals surface area contributed by atoms with E-state index in [0.29, 0.717) is 5.39 Å². The number of benzene rings is 3. The van der Waals surface area contributed by atoms with Crippen LogP contribution in [0.2, 0.25) is 0 Å². The standard InChI is InChI=1S/C17H13N3O7S/c1-9-2-3-10-7-15(28(25,26)27)16(17(22)12(10)6-9)19-18-13-8-11(20(23)24)4-5-14(13)21/h2-8,21-22H,1H3,(H,25,26,27). The van der Waals surface area contributed by atoms with Crippen LogP contribution in [0.5, 0.6) is 11.5 Å². The normalized spacial score (nSPS) is 11.9. The highest BCUT2D eigenvalue weighted by molar-refractivity contribution is 7.86. The number of hydrogen-bond acceptors (Lipinski definition) is 8. The average molecular weight is 403 g/mol. The van der Waals surface area contributed by atoms with Crippen LogP contribution in [0.4, 0.5) is 17.1 Å². The number of rotatable bonds is 4. The van der Waals surface area contributed by atoms with Gasteiger partial charge in [-0.05, 0) is 30.5 Å². The first-order valence-electron chi connectivity index (χ1n) is 7.71. The second-order valence-electron chi connectivity index (χ2n) is 5.90. The van der Waals surface area contributed by atoms with Crippen molar-refractivity contribution in [2.45, 2.75) is 11.8 Å². The Bertz CT molecular complexity index is 1250. The van der Waals surface area contributed by atoms with Crippen LogP contribution in [0.15, 0.2) is 57.6 Å². The largest absolute Gasteiger partial charge is 0.506 e. The first kappa shape index (κ1) is 19.2. The molecule has 28 heavy (non-hydrogen) atoms. The fourth-order valence-electron chi connectivity index (χ4n) is 2.56. The number of fused-ring (bicyclic) bond motifs is 1. The Kier molecular flexibility index (Phi) is 4.71. The molecule has 0 bridgehead atoms. The lowest BCUT2D eigenvalue weighted by molar-refractivity contribution is -0.384. The molecular formula is C17H13N3O7S. The van der Waals surface area contributed by atoms with E-state index in [1.54, 1.807) is 25.1 Å². The molecule has 0 spiro atoms. The summed E-state index contributed by atoms with van der Waals surface area (Å²) in [7, 11) is -4.78. The van der Waals surface area contributed by atoms with E-state index in [9.17, 15) is 33.3 Å². The molecule has 0 aliphatic rings. The molecule has 0 aliphatic heterocycles. The molecule has 3 aromatic carbocycles. The Morgan fingerprint density at radius 2 is 1.75 bits per heavy atom. The SMILES string of the molecule is Cc1ccc2cc(S(=O)(=O)O)c(N=Nc3cc([N+](=O)[O-])ccc3O)c(O)c2c1. The van der Waals surface area contributed by atoms with E-state index in [2.05, 4.69) is 10.2 Å². The monoisotopic (exact) mass is 403 g/mol. The third-order valence-corrected chi connectivity index (χ3v) is 4.78. The van der Waals surface area contributed by atoms with Gasteiger partial charge in [0.2, 0.25) is 0 Å². The Morgan fingerprint density at radius 3 is 2.39 bits per heavy atom. The Morgan fingerprint density at radius 1 is 1.04 bits per heavy atom. The lowest BCUT2D eigenvalue weighted by Gasteiger charge is -2.09. The van der Waals surface area contributed by atoms with Crippen LogP contribution in [0.1, 0.15) is 5.56 Å². The van der Waals surface area contributed by atoms with E-state index in [0.717, 1.165) is 29.8 Å². The van der Waals surface area contributed by atoms with Crippen LogP contribution in [-0.4, -0.2) is 28.1 Å². The second-order valence-corrected chi connectivity index (χ2v) is 7.29. The van der Waals surface area contributed by atoms with Crippen LogP contribution >= 0.6 is 0 Å². The number of aryl methyl sites for hydroxylation is 1. The van der Waals surface area contributed by atoms with Gasteiger partial charge >= 0.3 is 0 Å². The first-order chi connectivity index (χ1) is 13.1. The highest BCUT2D eigenvalue weighted by atomic mass is 32.2. The van der Waals surface area contributed by atoms with Crippen LogP contribution in [-0.2, 0) is 10.1 Å². The molecule has 3 aromatic rings. The summed E-state index contributed by atoms with van der Waals surface area (Å²) in [4.78, 5) is 9.45. The summed E-state index contributed by atoms with van der Waals surface area (Å²) in [6.07, 6.45) is 0. The van der Waals surface area contributed by atoms with Crippen molar-refractivity contribution < 1.29 is 28.1 Å². The molecule has 3 rings (SSSR count). The number of nitro benzene ring substituents is 1. The van der Waals surface area contributed by atoms with Gasteiger partial charge in [0.15, 0.2) is 5.75 Å². The molecule has 0 heterocycles. The summed E-state index contributed by atoms with van der Waals surface area (Å²) in [6, 6.07) is 8.96. The highest BCUT2D eigenvalue weighted by Crippen LogP contribution is 2.42. The summed E-state index contributed by atoms with van der Waals surface area (Å²) in [5.74, 6) is -0.999. The van der Waals surface area contributed by atoms with E-state index in [-0.39, 0.29) is 16.8 Å². The van der Waals surface area contributed by atoms with Crippen molar-refractivity contribution in [1.29, 1.82) is 0 Å². The summed E-state index contributed by atoms with van der Waals surface area (Å²) in [5, 5.41) is 39.0. The summed E-state index contributed by atoms with van der Waals surface area (Å²) in [5.41, 5.74) is -0.479. The zero-order chi connectivity index (χ0) is 20.6. The zero-order valence-electron chi connectivity index (χ0n) is 14.3. The number of non-ortho nitro benzene ring substituents is 1. The third kappa shape index (κ3) is 3.61. The minimum absolute atomic E-state index is 0.268. The van der Waals surface area contributed by atoms with Gasteiger partial charge in [0.1, 0.15) is 22.0 Å². The molecule has 0 radical (unpaired) electrons. The second kappa shape index (κ2) is 6.87. The summed E-state index contributed by atoms with van der Waals surface area (Å²) in [6.45, 7) is 1.76. The molecule has 0 atom stereocenters. The lowest BCUT2D eigenvalue weighted by atomic mass is 10.1. The van der Waals surface area contributed by atoms with E-state index < -0.39 is 37.1 Å². The Balaban J connectivity index is 2.25. The molecule has 0 unspecified atom stereocenters. The van der Waals surface area contributed by atoms with Crippen molar-refractivity contribution >= 4 is 38.0 Å². The molecule has 0 aliphatic carbocycles.